The maximum Gasteiger partial charge on any atom is 0.341 e. The van der Waals surface area contributed by atoms with Crippen LogP contribution in [0.3, 0.4) is 0 Å². The highest BCUT2D eigenvalue weighted by Crippen LogP contribution is 2.35. The first-order chi connectivity index (χ1) is 22.8. The molecule has 4 aromatic carbocycles. The fourth-order valence-corrected chi connectivity index (χ4v) is 5.34. The average molecular weight is 654 g/mol. The molecule has 0 amide bonds. The lowest BCUT2D eigenvalue weighted by Crippen LogP contribution is -2.09. The summed E-state index contributed by atoms with van der Waals surface area (Å²) >= 11 is 5.71. The third-order valence-electron chi connectivity index (χ3n) is 7.31. The van der Waals surface area contributed by atoms with E-state index in [1.54, 1.807) is 24.3 Å². The van der Waals surface area contributed by atoms with Crippen LogP contribution in [0.5, 0.6) is 28.7 Å². The first-order valence-corrected chi connectivity index (χ1v) is 16.3. The fourth-order valence-electron chi connectivity index (χ4n) is 5.00. The maximum atomic E-state index is 12.3. The quantitative estimate of drug-likeness (QED) is 0.0398. The van der Waals surface area contributed by atoms with Crippen molar-refractivity contribution in [3.63, 3.8) is 0 Å². The number of para-hydroxylation sites is 1. The normalized spacial score (nSPS) is 11.1. The van der Waals surface area contributed by atoms with E-state index in [1.165, 1.54) is 7.11 Å². The van der Waals surface area contributed by atoms with Crippen LogP contribution in [0, 0.1) is 0 Å². The molecule has 8 heteroatoms. The van der Waals surface area contributed by atoms with Gasteiger partial charge in [0.05, 0.1) is 25.2 Å². The number of carbonyl (C=O) groups is 1. The summed E-state index contributed by atoms with van der Waals surface area (Å²) < 4.78 is 30.0. The summed E-state index contributed by atoms with van der Waals surface area (Å²) in [7, 11) is 1.35. The largest absolute Gasteiger partial charge is 0.493 e. The summed E-state index contributed by atoms with van der Waals surface area (Å²) in [5.74, 6) is 2.77. The molecular weight excluding hydrogens is 610 g/mol. The molecule has 7 nitrogen and oxygen atoms in total. The summed E-state index contributed by atoms with van der Waals surface area (Å²) in [6.07, 6.45) is 4.84. The number of methoxy groups -OCH3 is 1. The van der Waals surface area contributed by atoms with Gasteiger partial charge in [0, 0.05) is 29.3 Å². The van der Waals surface area contributed by atoms with Crippen LogP contribution in [0.2, 0.25) is 0 Å². The second-order valence-electron chi connectivity index (χ2n) is 11.0. The van der Waals surface area contributed by atoms with E-state index in [4.69, 9.17) is 41.6 Å². The number of hydrogen-bond acceptors (Lipinski definition) is 8. The van der Waals surface area contributed by atoms with Crippen LogP contribution in [-0.4, -0.2) is 31.2 Å². The van der Waals surface area contributed by atoms with Crippen molar-refractivity contribution in [1.82, 2.24) is 0 Å². The Labute approximate surface area is 283 Å². The topological polar surface area (TPSA) is 89.2 Å². The lowest BCUT2D eigenvalue weighted by molar-refractivity contribution is 0.0598. The first-order valence-electron chi connectivity index (χ1n) is 15.9. The molecule has 0 spiro atoms. The van der Waals surface area contributed by atoms with Crippen LogP contribution in [0.1, 0.15) is 66.2 Å². The molecule has 0 aliphatic heterocycles. The molecule has 0 heterocycles. The van der Waals surface area contributed by atoms with Crippen LogP contribution >= 0.6 is 12.2 Å². The minimum atomic E-state index is -0.453. The second-order valence-corrected chi connectivity index (χ2v) is 11.4. The molecule has 0 radical (unpaired) electrons. The third kappa shape index (κ3) is 9.83. The number of rotatable bonds is 17. The van der Waals surface area contributed by atoms with Gasteiger partial charge in [-0.05, 0) is 67.3 Å². The molecule has 0 saturated heterocycles. The SMILES string of the molecule is CCCc1c(OCCCOc2cc(OCc3ccccc3)c(C(=S)/C=C(/C)N)cc2CC)cccc1Oc1ccccc1C(=O)OC. The highest BCUT2D eigenvalue weighted by molar-refractivity contribution is 7.81. The molecule has 0 aliphatic carbocycles. The van der Waals surface area contributed by atoms with E-state index in [9.17, 15) is 4.79 Å². The average Bonchev–Trinajstić information content (AvgIpc) is 3.08. The highest BCUT2D eigenvalue weighted by atomic mass is 32.1. The Morgan fingerprint density at radius 2 is 1.47 bits per heavy atom. The van der Waals surface area contributed by atoms with Crippen LogP contribution in [0.4, 0.5) is 0 Å². The molecule has 4 aromatic rings. The Balaban J connectivity index is 1.45. The molecule has 0 saturated carbocycles. The molecule has 0 unspecified atom stereocenters. The molecule has 246 valence electrons. The zero-order valence-electron chi connectivity index (χ0n) is 27.5. The Kier molecular flexibility index (Phi) is 13.2. The Hall–Kier alpha value is -4.82. The van der Waals surface area contributed by atoms with Crippen molar-refractivity contribution in [3.8, 4) is 28.7 Å². The van der Waals surface area contributed by atoms with Gasteiger partial charge in [-0.2, -0.15) is 0 Å². The molecule has 0 aliphatic rings. The van der Waals surface area contributed by atoms with Crippen molar-refractivity contribution < 1.29 is 28.5 Å². The van der Waals surface area contributed by atoms with Gasteiger partial charge >= 0.3 is 5.97 Å². The van der Waals surface area contributed by atoms with Crippen molar-refractivity contribution in [1.29, 1.82) is 0 Å². The van der Waals surface area contributed by atoms with Crippen LogP contribution < -0.4 is 24.7 Å². The molecule has 0 aromatic heterocycles. The summed E-state index contributed by atoms with van der Waals surface area (Å²) in [6, 6.07) is 26.7. The molecular formula is C39H43NO6S. The van der Waals surface area contributed by atoms with Crippen molar-refractivity contribution in [3.05, 3.63) is 125 Å². The molecule has 2 N–H and O–H groups in total. The van der Waals surface area contributed by atoms with Gasteiger partial charge < -0.3 is 29.4 Å². The van der Waals surface area contributed by atoms with E-state index in [1.807, 2.05) is 73.7 Å². The van der Waals surface area contributed by atoms with Gasteiger partial charge in [-0.3, -0.25) is 0 Å². The van der Waals surface area contributed by atoms with Crippen LogP contribution in [0.15, 0.2) is 96.7 Å². The van der Waals surface area contributed by atoms with Crippen LogP contribution in [-0.2, 0) is 24.2 Å². The van der Waals surface area contributed by atoms with E-state index in [0.29, 0.717) is 59.6 Å². The second kappa shape index (κ2) is 17.8. The van der Waals surface area contributed by atoms with Crippen molar-refractivity contribution in [2.24, 2.45) is 5.73 Å². The van der Waals surface area contributed by atoms with E-state index in [0.717, 1.165) is 53.0 Å². The number of carbonyl (C=O) groups excluding carboxylic acids is 1. The van der Waals surface area contributed by atoms with Gasteiger partial charge in [-0.1, -0.05) is 81.0 Å². The monoisotopic (exact) mass is 653 g/mol. The van der Waals surface area contributed by atoms with E-state index >= 15 is 0 Å². The van der Waals surface area contributed by atoms with Crippen LogP contribution in [0.25, 0.3) is 0 Å². The van der Waals surface area contributed by atoms with Crippen molar-refractivity contribution >= 4 is 23.1 Å². The minimum Gasteiger partial charge on any atom is -0.493 e. The number of benzene rings is 4. The summed E-state index contributed by atoms with van der Waals surface area (Å²) in [5, 5.41) is 0. The lowest BCUT2D eigenvalue weighted by Gasteiger charge is -2.18. The number of allylic oxidation sites excluding steroid dienone is 2. The number of nitrogens with two attached hydrogens (primary N) is 1. The number of ether oxygens (including phenoxy) is 5. The summed E-state index contributed by atoms with van der Waals surface area (Å²) in [5.41, 5.74) is 10.8. The predicted octanol–water partition coefficient (Wildman–Crippen LogP) is 8.79. The van der Waals surface area contributed by atoms with Gasteiger partial charge in [-0.15, -0.1) is 0 Å². The Morgan fingerprint density at radius 3 is 2.17 bits per heavy atom. The van der Waals surface area contributed by atoms with Gasteiger partial charge in [0.15, 0.2) is 0 Å². The third-order valence-corrected chi connectivity index (χ3v) is 7.65. The fraction of sp³-hybridized carbons (Fsp3) is 0.282. The van der Waals surface area contributed by atoms with Gasteiger partial charge in [-0.25, -0.2) is 4.79 Å². The molecule has 4 rings (SSSR count). The van der Waals surface area contributed by atoms with Gasteiger partial charge in [0.2, 0.25) is 0 Å². The van der Waals surface area contributed by atoms with Gasteiger partial charge in [0.25, 0.3) is 0 Å². The number of thiocarbonyl (C=S) groups is 1. The first kappa shape index (κ1) is 35.0. The smallest absolute Gasteiger partial charge is 0.341 e. The molecule has 0 fully saturated rings. The number of esters is 1. The zero-order valence-corrected chi connectivity index (χ0v) is 28.4. The van der Waals surface area contributed by atoms with Crippen molar-refractivity contribution in [2.45, 2.75) is 53.1 Å². The minimum absolute atomic E-state index is 0.363. The molecule has 0 bridgehead atoms. The predicted molar refractivity (Wildman–Crippen MR) is 190 cm³/mol. The van der Waals surface area contributed by atoms with E-state index in [2.05, 4.69) is 13.8 Å². The molecule has 0 atom stereocenters. The summed E-state index contributed by atoms with van der Waals surface area (Å²) in [4.78, 5) is 12.9. The lowest BCUT2D eigenvalue weighted by atomic mass is 10.0. The highest BCUT2D eigenvalue weighted by Gasteiger charge is 2.17. The van der Waals surface area contributed by atoms with Crippen molar-refractivity contribution in [2.75, 3.05) is 20.3 Å². The van der Waals surface area contributed by atoms with E-state index < -0.39 is 5.97 Å². The van der Waals surface area contributed by atoms with E-state index in [-0.39, 0.29) is 0 Å². The van der Waals surface area contributed by atoms with Gasteiger partial charge in [0.1, 0.15) is 40.9 Å². The zero-order chi connectivity index (χ0) is 33.6. The number of aryl methyl sites for hydroxylation is 1. The Morgan fingerprint density at radius 1 is 0.787 bits per heavy atom. The Bertz CT molecular complexity index is 1680. The summed E-state index contributed by atoms with van der Waals surface area (Å²) in [6.45, 7) is 7.29. The maximum absolute atomic E-state index is 12.3. The standard InChI is InChI=1S/C39H43NO6S/c1-5-14-30-33(19-12-20-34(30)46-35-18-11-10-17-31(35)39(41)42-4)43-21-13-22-44-36-25-37(45-26-28-15-8-7-9-16-28)32(24-29(36)6-2)38(47)23-27(3)40/h7-12,15-20,23-25H,5-6,13-14,21-22,26,40H2,1-4H3/b27-23-. The molecule has 47 heavy (non-hydrogen) atoms. The number of hydrogen-bond donors (Lipinski definition) is 1.